The molecule has 2 aromatic rings. The molecule has 172 valence electrons. The molecular formula is C25H30ClFN2O2S. The van der Waals surface area contributed by atoms with Crippen LogP contribution in [0.25, 0.3) is 0 Å². The monoisotopic (exact) mass is 476 g/mol. The fourth-order valence-corrected chi connectivity index (χ4v) is 6.80. The highest BCUT2D eigenvalue weighted by Gasteiger charge is 2.35. The Hall–Kier alpha value is -1.47. The Morgan fingerprint density at radius 3 is 2.66 bits per heavy atom. The maximum absolute atomic E-state index is 14.9. The Balaban J connectivity index is 1.38. The van der Waals surface area contributed by atoms with Crippen molar-refractivity contribution in [2.24, 2.45) is 11.8 Å². The number of fused-ring (bicyclic) bond motifs is 1. The molecule has 32 heavy (non-hydrogen) atoms. The van der Waals surface area contributed by atoms with E-state index >= 15 is 0 Å². The largest absolute Gasteiger partial charge is 0.303 e. The van der Waals surface area contributed by atoms with Crippen molar-refractivity contribution >= 4 is 21.6 Å². The maximum Gasteiger partial charge on any atom is 0.212 e. The van der Waals surface area contributed by atoms with Gasteiger partial charge in [-0.25, -0.2) is 17.5 Å². The number of nitrogens with zero attached hydrogens (tertiary/aromatic N) is 1. The zero-order valence-corrected chi connectivity index (χ0v) is 19.8. The van der Waals surface area contributed by atoms with E-state index in [1.807, 2.05) is 24.3 Å². The molecule has 2 fully saturated rings. The lowest BCUT2D eigenvalue weighted by atomic mass is 9.85. The Morgan fingerprint density at radius 2 is 1.97 bits per heavy atom. The summed E-state index contributed by atoms with van der Waals surface area (Å²) in [6.45, 7) is 3.30. The van der Waals surface area contributed by atoms with Gasteiger partial charge in [0.2, 0.25) is 10.0 Å². The second-order valence-corrected chi connectivity index (χ2v) is 12.0. The molecule has 2 unspecified atom stereocenters. The fraction of sp³-hybridized carbons (Fsp3) is 0.520. The highest BCUT2D eigenvalue weighted by Crippen LogP contribution is 2.42. The standard InChI is InChI=1S/C25H30ClFN2O2S/c26-22-4-1-3-18(9-22)10-23-21(15-29-7-2-8-29)11-19-13-25(27)20(12-24(19)23)14-28-32(30,31)16-17-5-6-17/h1,3-4,9,12-13,17,21,23,28H,2,5-8,10-11,14-16H2. The van der Waals surface area contributed by atoms with Gasteiger partial charge in [-0.3, -0.25) is 0 Å². The topological polar surface area (TPSA) is 49.4 Å². The summed E-state index contributed by atoms with van der Waals surface area (Å²) in [6, 6.07) is 11.5. The Bertz CT molecular complexity index is 1100. The third kappa shape index (κ3) is 5.19. The summed E-state index contributed by atoms with van der Waals surface area (Å²) >= 11 is 6.23. The Morgan fingerprint density at radius 1 is 1.16 bits per heavy atom. The van der Waals surface area contributed by atoms with Gasteiger partial charge in [0.25, 0.3) is 0 Å². The molecule has 0 aromatic heterocycles. The minimum atomic E-state index is -3.37. The molecule has 1 aliphatic heterocycles. The quantitative estimate of drug-likeness (QED) is 0.579. The summed E-state index contributed by atoms with van der Waals surface area (Å²) in [5.74, 6) is 0.789. The van der Waals surface area contributed by atoms with Crippen molar-refractivity contribution in [2.75, 3.05) is 25.4 Å². The van der Waals surface area contributed by atoms with Gasteiger partial charge in [-0.05, 0) is 97.8 Å². The summed E-state index contributed by atoms with van der Waals surface area (Å²) in [5, 5.41) is 0.727. The van der Waals surface area contributed by atoms with Crippen LogP contribution in [0.4, 0.5) is 4.39 Å². The number of sulfonamides is 1. The van der Waals surface area contributed by atoms with Gasteiger partial charge in [0.1, 0.15) is 5.82 Å². The smallest absolute Gasteiger partial charge is 0.212 e. The summed E-state index contributed by atoms with van der Waals surface area (Å²) in [5.41, 5.74) is 3.83. The van der Waals surface area contributed by atoms with Gasteiger partial charge in [-0.2, -0.15) is 0 Å². The second-order valence-electron chi connectivity index (χ2n) is 9.75. The van der Waals surface area contributed by atoms with Gasteiger partial charge in [0.15, 0.2) is 0 Å². The molecular weight excluding hydrogens is 447 g/mol. The van der Waals surface area contributed by atoms with Gasteiger partial charge in [-0.15, -0.1) is 0 Å². The summed E-state index contributed by atoms with van der Waals surface area (Å²) in [4.78, 5) is 2.48. The maximum atomic E-state index is 14.9. The van der Waals surface area contributed by atoms with Crippen molar-refractivity contribution in [1.82, 2.24) is 9.62 Å². The van der Waals surface area contributed by atoms with Crippen molar-refractivity contribution in [2.45, 2.75) is 44.6 Å². The molecule has 2 atom stereocenters. The van der Waals surface area contributed by atoms with Crippen LogP contribution in [0.5, 0.6) is 0 Å². The first kappa shape index (κ1) is 22.3. The minimum Gasteiger partial charge on any atom is -0.303 e. The molecule has 0 bridgehead atoms. The lowest BCUT2D eigenvalue weighted by Crippen LogP contribution is -2.41. The predicted molar refractivity (Wildman–Crippen MR) is 126 cm³/mol. The van der Waals surface area contributed by atoms with Crippen molar-refractivity contribution in [3.05, 3.63) is 69.5 Å². The van der Waals surface area contributed by atoms with Crippen LogP contribution in [-0.2, 0) is 29.4 Å². The number of hydrogen-bond acceptors (Lipinski definition) is 3. The predicted octanol–water partition coefficient (Wildman–Crippen LogP) is 4.51. The normalized spacial score (nSPS) is 23.2. The average molecular weight is 477 g/mol. The van der Waals surface area contributed by atoms with Crippen LogP contribution in [0.2, 0.25) is 5.02 Å². The zero-order valence-electron chi connectivity index (χ0n) is 18.2. The van der Waals surface area contributed by atoms with E-state index < -0.39 is 10.0 Å². The van der Waals surface area contributed by atoms with Crippen LogP contribution in [0.15, 0.2) is 36.4 Å². The van der Waals surface area contributed by atoms with E-state index in [0.717, 1.165) is 61.5 Å². The molecule has 7 heteroatoms. The number of nitrogens with one attached hydrogen (secondary N) is 1. The first-order chi connectivity index (χ1) is 15.4. The molecule has 1 heterocycles. The average Bonchev–Trinajstić information content (AvgIpc) is 3.44. The van der Waals surface area contributed by atoms with E-state index in [1.165, 1.54) is 12.0 Å². The lowest BCUT2D eigenvalue weighted by molar-refractivity contribution is 0.145. The van der Waals surface area contributed by atoms with Gasteiger partial charge in [0, 0.05) is 23.7 Å². The van der Waals surface area contributed by atoms with Crippen LogP contribution < -0.4 is 4.72 Å². The van der Waals surface area contributed by atoms with Crippen LogP contribution in [-0.4, -0.2) is 38.7 Å². The zero-order chi connectivity index (χ0) is 22.3. The molecule has 1 saturated carbocycles. The summed E-state index contributed by atoms with van der Waals surface area (Å²) in [6.07, 6.45) is 4.90. The number of rotatable bonds is 9. The molecule has 0 radical (unpaired) electrons. The van der Waals surface area contributed by atoms with Gasteiger partial charge in [-0.1, -0.05) is 29.8 Å². The second kappa shape index (κ2) is 9.05. The molecule has 4 nitrogen and oxygen atoms in total. The molecule has 5 rings (SSSR count). The van der Waals surface area contributed by atoms with Crippen LogP contribution in [0.1, 0.15) is 47.4 Å². The summed E-state index contributed by atoms with van der Waals surface area (Å²) < 4.78 is 42.1. The van der Waals surface area contributed by atoms with E-state index in [1.54, 1.807) is 6.07 Å². The van der Waals surface area contributed by atoms with E-state index in [0.29, 0.717) is 11.5 Å². The number of likely N-dealkylation sites (tertiary alicyclic amines) is 1. The van der Waals surface area contributed by atoms with Crippen molar-refractivity contribution in [3.8, 4) is 0 Å². The fourth-order valence-electron chi connectivity index (χ4n) is 5.14. The van der Waals surface area contributed by atoms with Crippen molar-refractivity contribution < 1.29 is 12.8 Å². The first-order valence-corrected chi connectivity index (χ1v) is 13.6. The molecule has 1 saturated heterocycles. The number of benzene rings is 2. The third-order valence-corrected chi connectivity index (χ3v) is 8.91. The Kier molecular flexibility index (Phi) is 6.32. The minimum absolute atomic E-state index is 0.00877. The SMILES string of the molecule is O=S(=O)(CC1CC1)NCc1cc2c(cc1F)CC(CN1CCC1)C2Cc1cccc(Cl)c1. The van der Waals surface area contributed by atoms with Crippen molar-refractivity contribution in [1.29, 1.82) is 0 Å². The lowest BCUT2D eigenvalue weighted by Gasteiger charge is -2.35. The molecule has 2 aliphatic carbocycles. The third-order valence-electron chi connectivity index (χ3n) is 7.18. The molecule has 2 aromatic carbocycles. The van der Waals surface area contributed by atoms with E-state index in [2.05, 4.69) is 15.7 Å². The Labute approximate surface area is 195 Å². The van der Waals surface area contributed by atoms with Crippen LogP contribution in [0, 0.1) is 17.7 Å². The molecule has 1 N–H and O–H groups in total. The highest BCUT2D eigenvalue weighted by atomic mass is 35.5. The number of hydrogen-bond donors (Lipinski definition) is 1. The first-order valence-electron chi connectivity index (χ1n) is 11.6. The van der Waals surface area contributed by atoms with Crippen molar-refractivity contribution in [3.63, 3.8) is 0 Å². The van der Waals surface area contributed by atoms with E-state index in [4.69, 9.17) is 11.6 Å². The van der Waals surface area contributed by atoms with E-state index in [-0.39, 0.29) is 30.0 Å². The van der Waals surface area contributed by atoms with E-state index in [9.17, 15) is 12.8 Å². The van der Waals surface area contributed by atoms with Gasteiger partial charge < -0.3 is 4.90 Å². The molecule has 0 amide bonds. The summed E-state index contributed by atoms with van der Waals surface area (Å²) in [7, 11) is -3.37. The molecule has 3 aliphatic rings. The highest BCUT2D eigenvalue weighted by molar-refractivity contribution is 7.89. The number of halogens is 2. The van der Waals surface area contributed by atoms with Crippen LogP contribution in [0.3, 0.4) is 0 Å². The van der Waals surface area contributed by atoms with Gasteiger partial charge in [0.05, 0.1) is 5.75 Å². The van der Waals surface area contributed by atoms with Gasteiger partial charge >= 0.3 is 0 Å². The molecule has 0 spiro atoms. The van der Waals surface area contributed by atoms with Crippen LogP contribution >= 0.6 is 11.6 Å².